The minimum atomic E-state index is -1.30. The molecule has 0 heterocycles. The molecule has 0 saturated heterocycles. The highest BCUT2D eigenvalue weighted by atomic mass is 16.4. The summed E-state index contributed by atoms with van der Waals surface area (Å²) in [6.45, 7) is 0.471. The Balaban J connectivity index is 4.05. The third-order valence-electron chi connectivity index (χ3n) is 1.32. The molecule has 0 aromatic rings. The zero-order valence-corrected chi connectivity index (χ0v) is 7.81. The van der Waals surface area contributed by atoms with E-state index in [-0.39, 0.29) is 0 Å². The summed E-state index contributed by atoms with van der Waals surface area (Å²) in [4.78, 5) is 42.0. The molecule has 1 atom stereocenters. The quantitative estimate of drug-likeness (QED) is 0.395. The van der Waals surface area contributed by atoms with Gasteiger partial charge in [0.2, 0.25) is 0 Å². The molecule has 8 heteroatoms. The van der Waals surface area contributed by atoms with Crippen molar-refractivity contribution in [1.82, 2.24) is 10.6 Å². The number of carboxylic acid groups (broad SMARTS) is 2. The fraction of sp³-hybridized carbons (Fsp3) is 0.429. The Kier molecular flexibility index (Phi) is 4.79. The van der Waals surface area contributed by atoms with Gasteiger partial charge in [-0.1, -0.05) is 0 Å². The molecule has 8 nitrogen and oxygen atoms in total. The third-order valence-corrected chi connectivity index (χ3v) is 1.32. The van der Waals surface area contributed by atoms with Crippen LogP contribution in [-0.2, 0) is 19.2 Å². The lowest BCUT2D eigenvalue weighted by atomic mass is 10.3. The molecule has 0 aliphatic heterocycles. The number of aliphatic carboxylic acids is 2. The van der Waals surface area contributed by atoms with Crippen molar-refractivity contribution in [1.29, 1.82) is 0 Å². The zero-order chi connectivity index (χ0) is 12.0. The van der Waals surface area contributed by atoms with Crippen LogP contribution in [0.4, 0.5) is 0 Å². The summed E-state index contributed by atoms with van der Waals surface area (Å²) < 4.78 is 0. The molecule has 0 fully saturated rings. The van der Waals surface area contributed by atoms with E-state index >= 15 is 0 Å². The fourth-order valence-electron chi connectivity index (χ4n) is 0.560. The van der Waals surface area contributed by atoms with Gasteiger partial charge >= 0.3 is 23.8 Å². The number of carboxylic acids is 2. The van der Waals surface area contributed by atoms with Crippen LogP contribution in [0.2, 0.25) is 0 Å². The summed E-state index contributed by atoms with van der Waals surface area (Å²) in [5, 5.41) is 20.2. The van der Waals surface area contributed by atoms with Crippen LogP contribution in [0.15, 0.2) is 0 Å². The lowest BCUT2D eigenvalue weighted by Gasteiger charge is -2.08. The van der Waals surface area contributed by atoms with Crippen molar-refractivity contribution >= 4 is 23.8 Å². The zero-order valence-electron chi connectivity index (χ0n) is 7.81. The van der Waals surface area contributed by atoms with Crippen molar-refractivity contribution in [3.05, 3.63) is 0 Å². The average Bonchev–Trinajstić information content (AvgIpc) is 2.13. The monoisotopic (exact) mass is 218 g/mol. The van der Waals surface area contributed by atoms with Crippen molar-refractivity contribution in [3.8, 4) is 0 Å². The molecule has 0 aliphatic carbocycles. The van der Waals surface area contributed by atoms with E-state index in [1.165, 1.54) is 6.92 Å². The van der Waals surface area contributed by atoms with Gasteiger partial charge in [0.25, 0.3) is 0 Å². The van der Waals surface area contributed by atoms with Crippen molar-refractivity contribution in [2.45, 2.75) is 13.0 Å². The second-order valence-corrected chi connectivity index (χ2v) is 2.61. The molecular formula is C7H10N2O6. The van der Waals surface area contributed by atoms with Crippen molar-refractivity contribution < 1.29 is 29.4 Å². The maximum atomic E-state index is 10.9. The predicted octanol–water partition coefficient (Wildman–Crippen LogP) is -2.22. The number of amides is 2. The lowest BCUT2D eigenvalue weighted by Crippen LogP contribution is -2.47. The molecule has 2 amide bonds. The van der Waals surface area contributed by atoms with Crippen LogP contribution in [-0.4, -0.2) is 46.6 Å². The third kappa shape index (κ3) is 5.24. The molecule has 0 radical (unpaired) electrons. The number of nitrogens with one attached hydrogen (secondary N) is 2. The Labute approximate surface area is 84.3 Å². The Hall–Kier alpha value is -2.12. The first-order chi connectivity index (χ1) is 6.84. The van der Waals surface area contributed by atoms with Crippen molar-refractivity contribution in [2.75, 3.05) is 6.54 Å². The Morgan fingerprint density at radius 2 is 1.67 bits per heavy atom. The lowest BCUT2D eigenvalue weighted by molar-refractivity contribution is -0.145. The maximum absolute atomic E-state index is 10.9. The van der Waals surface area contributed by atoms with Crippen LogP contribution in [0.25, 0.3) is 0 Å². The molecule has 0 spiro atoms. The topological polar surface area (TPSA) is 133 Å². The second kappa shape index (κ2) is 5.58. The van der Waals surface area contributed by atoms with Crippen LogP contribution in [0.3, 0.4) is 0 Å². The Morgan fingerprint density at radius 3 is 2.07 bits per heavy atom. The molecule has 0 saturated carbocycles. The van der Waals surface area contributed by atoms with Gasteiger partial charge in [0, 0.05) is 0 Å². The highest BCUT2D eigenvalue weighted by molar-refractivity contribution is 6.35. The first-order valence-electron chi connectivity index (χ1n) is 3.88. The summed E-state index contributed by atoms with van der Waals surface area (Å²) in [7, 11) is 0. The van der Waals surface area contributed by atoms with Gasteiger partial charge in [-0.3, -0.25) is 19.2 Å². The van der Waals surface area contributed by atoms with E-state index in [2.05, 4.69) is 0 Å². The van der Waals surface area contributed by atoms with Crippen LogP contribution >= 0.6 is 0 Å². The molecule has 0 aromatic carbocycles. The molecule has 15 heavy (non-hydrogen) atoms. The first kappa shape index (κ1) is 12.9. The Morgan fingerprint density at radius 1 is 1.13 bits per heavy atom. The van der Waals surface area contributed by atoms with Crippen molar-refractivity contribution in [3.63, 3.8) is 0 Å². The molecule has 0 bridgehead atoms. The maximum Gasteiger partial charge on any atom is 0.325 e. The van der Waals surface area contributed by atoms with Crippen LogP contribution < -0.4 is 10.6 Å². The van der Waals surface area contributed by atoms with Gasteiger partial charge in [0.15, 0.2) is 0 Å². The smallest absolute Gasteiger partial charge is 0.325 e. The van der Waals surface area contributed by atoms with Gasteiger partial charge in [0.1, 0.15) is 12.6 Å². The van der Waals surface area contributed by atoms with Gasteiger partial charge in [0.05, 0.1) is 0 Å². The normalized spacial score (nSPS) is 11.3. The van der Waals surface area contributed by atoms with Crippen LogP contribution in [0.5, 0.6) is 0 Å². The highest BCUT2D eigenvalue weighted by Crippen LogP contribution is 1.81. The predicted molar refractivity (Wildman–Crippen MR) is 45.9 cm³/mol. The van der Waals surface area contributed by atoms with E-state index in [1.807, 2.05) is 5.32 Å². The number of hydrogen-bond donors (Lipinski definition) is 4. The molecule has 1 unspecified atom stereocenters. The van der Waals surface area contributed by atoms with Crippen LogP contribution in [0.1, 0.15) is 6.92 Å². The van der Waals surface area contributed by atoms with E-state index in [0.717, 1.165) is 0 Å². The molecular weight excluding hydrogens is 208 g/mol. The molecule has 0 aromatic heterocycles. The summed E-state index contributed by atoms with van der Waals surface area (Å²) in [6, 6.07) is -1.21. The second-order valence-electron chi connectivity index (χ2n) is 2.61. The molecule has 0 aliphatic rings. The highest BCUT2D eigenvalue weighted by Gasteiger charge is 2.19. The van der Waals surface area contributed by atoms with E-state index < -0.39 is 36.3 Å². The van der Waals surface area contributed by atoms with Gasteiger partial charge in [-0.15, -0.1) is 0 Å². The summed E-state index contributed by atoms with van der Waals surface area (Å²) in [5.74, 6) is -4.98. The summed E-state index contributed by atoms with van der Waals surface area (Å²) in [6.07, 6.45) is 0. The van der Waals surface area contributed by atoms with Crippen molar-refractivity contribution in [2.24, 2.45) is 0 Å². The standard InChI is InChI=1S/C7H10N2O6/c1-3(7(14)15)9-6(13)5(12)8-2-4(10)11/h3H,2H2,1H3,(H,8,12)(H,9,13)(H,10,11)(H,14,15). The van der Waals surface area contributed by atoms with Gasteiger partial charge in [-0.05, 0) is 6.92 Å². The molecule has 84 valence electrons. The van der Waals surface area contributed by atoms with Gasteiger partial charge in [-0.25, -0.2) is 0 Å². The fourth-order valence-corrected chi connectivity index (χ4v) is 0.560. The summed E-state index contributed by atoms with van der Waals surface area (Å²) in [5.41, 5.74) is 0. The SMILES string of the molecule is CC(NC(=O)C(=O)NCC(=O)O)C(=O)O. The minimum Gasteiger partial charge on any atom is -0.480 e. The summed E-state index contributed by atoms with van der Waals surface area (Å²) >= 11 is 0. The average molecular weight is 218 g/mol. The number of rotatable bonds is 4. The first-order valence-corrected chi connectivity index (χ1v) is 3.88. The van der Waals surface area contributed by atoms with Gasteiger partial charge in [-0.2, -0.15) is 0 Å². The largest absolute Gasteiger partial charge is 0.480 e. The van der Waals surface area contributed by atoms with E-state index in [4.69, 9.17) is 10.2 Å². The molecule has 0 rings (SSSR count). The van der Waals surface area contributed by atoms with E-state index in [1.54, 1.807) is 5.32 Å². The Bertz CT molecular complexity index is 300. The number of hydrogen-bond acceptors (Lipinski definition) is 4. The van der Waals surface area contributed by atoms with E-state index in [9.17, 15) is 19.2 Å². The molecule has 4 N–H and O–H groups in total. The van der Waals surface area contributed by atoms with E-state index in [0.29, 0.717) is 0 Å². The minimum absolute atomic E-state index is 0.701. The van der Waals surface area contributed by atoms with Crippen LogP contribution in [0, 0.1) is 0 Å². The number of carbonyl (C=O) groups is 4. The van der Waals surface area contributed by atoms with Gasteiger partial charge < -0.3 is 20.8 Å². The number of carbonyl (C=O) groups excluding carboxylic acids is 2.